The van der Waals surface area contributed by atoms with Gasteiger partial charge in [-0.2, -0.15) is 18.4 Å². The second-order valence-electron chi connectivity index (χ2n) is 7.13. The van der Waals surface area contributed by atoms with Gasteiger partial charge in [-0.25, -0.2) is 0 Å². The molecule has 6 nitrogen and oxygen atoms in total. The number of benzene rings is 2. The molecule has 0 unspecified atom stereocenters. The second kappa shape index (κ2) is 10.3. The van der Waals surface area contributed by atoms with E-state index in [1.807, 2.05) is 0 Å². The van der Waals surface area contributed by atoms with Gasteiger partial charge in [0.15, 0.2) is 0 Å². The minimum atomic E-state index is -4.63. The van der Waals surface area contributed by atoms with E-state index in [9.17, 15) is 23.2 Å². The molecule has 9 heteroatoms. The molecule has 0 radical (unpaired) electrons. The van der Waals surface area contributed by atoms with Gasteiger partial charge in [0, 0.05) is 25.2 Å². The average molecular weight is 445 g/mol. The van der Waals surface area contributed by atoms with Gasteiger partial charge in [0.25, 0.3) is 5.91 Å². The number of rotatable bonds is 6. The van der Waals surface area contributed by atoms with E-state index in [0.717, 1.165) is 30.8 Å². The van der Waals surface area contributed by atoms with Gasteiger partial charge in [0.1, 0.15) is 17.4 Å². The Morgan fingerprint density at radius 1 is 1.25 bits per heavy atom. The number of nitrogens with zero attached hydrogens (tertiary/aromatic N) is 2. The van der Waals surface area contributed by atoms with Crippen molar-refractivity contribution in [1.82, 2.24) is 4.90 Å². The Balaban J connectivity index is 1.84. The molecule has 0 atom stereocenters. The number of carbonyl (C=O) groups is 1. The fourth-order valence-electron chi connectivity index (χ4n) is 3.36. The summed E-state index contributed by atoms with van der Waals surface area (Å²) in [5.74, 6) is -0.259. The van der Waals surface area contributed by atoms with Gasteiger partial charge in [-0.15, -0.1) is 0 Å². The first-order valence-corrected chi connectivity index (χ1v) is 9.88. The number of nitriles is 1. The lowest BCUT2D eigenvalue weighted by Crippen LogP contribution is -2.35. The normalized spacial score (nSPS) is 15.2. The van der Waals surface area contributed by atoms with Crippen LogP contribution in [0.3, 0.4) is 0 Å². The number of morpholine rings is 1. The third kappa shape index (κ3) is 5.87. The summed E-state index contributed by atoms with van der Waals surface area (Å²) < 4.78 is 50.3. The molecule has 2 aromatic rings. The number of para-hydroxylation sites is 1. The first kappa shape index (κ1) is 23.3. The van der Waals surface area contributed by atoms with Gasteiger partial charge in [0.05, 0.1) is 31.6 Å². The van der Waals surface area contributed by atoms with Gasteiger partial charge in [-0.1, -0.05) is 18.2 Å². The number of halogens is 3. The summed E-state index contributed by atoms with van der Waals surface area (Å²) in [6.45, 7) is 3.42. The van der Waals surface area contributed by atoms with Crippen molar-refractivity contribution in [3.8, 4) is 11.8 Å². The number of alkyl halides is 3. The minimum Gasteiger partial charge on any atom is -0.496 e. The Kier molecular flexibility index (Phi) is 7.51. The maximum atomic E-state index is 13.2. The summed E-state index contributed by atoms with van der Waals surface area (Å²) >= 11 is 0. The molecule has 1 N–H and O–H groups in total. The lowest BCUT2D eigenvalue weighted by atomic mass is 10.1. The molecule has 0 bridgehead atoms. The number of nitrogens with one attached hydrogen (secondary N) is 1. The quantitative estimate of drug-likeness (QED) is 0.536. The third-order valence-corrected chi connectivity index (χ3v) is 4.96. The molecular weight excluding hydrogens is 423 g/mol. The fraction of sp³-hybridized carbons (Fsp3) is 0.304. The molecule has 0 spiro atoms. The molecule has 1 heterocycles. The van der Waals surface area contributed by atoms with Crippen molar-refractivity contribution in [1.29, 1.82) is 5.26 Å². The first-order valence-electron chi connectivity index (χ1n) is 9.88. The van der Waals surface area contributed by atoms with Crippen molar-refractivity contribution in [3.63, 3.8) is 0 Å². The molecule has 0 aliphatic carbocycles. The van der Waals surface area contributed by atoms with Crippen LogP contribution in [0.4, 0.5) is 18.9 Å². The number of hydrogen-bond acceptors (Lipinski definition) is 5. The van der Waals surface area contributed by atoms with Gasteiger partial charge < -0.3 is 14.8 Å². The fourth-order valence-corrected chi connectivity index (χ4v) is 3.36. The Hall–Kier alpha value is -3.35. The van der Waals surface area contributed by atoms with Crippen LogP contribution in [-0.4, -0.2) is 44.2 Å². The van der Waals surface area contributed by atoms with Gasteiger partial charge in [-0.05, 0) is 35.9 Å². The monoisotopic (exact) mass is 445 g/mol. The average Bonchev–Trinajstić information content (AvgIpc) is 2.78. The van der Waals surface area contributed by atoms with Crippen LogP contribution in [0.15, 0.2) is 48.0 Å². The summed E-state index contributed by atoms with van der Waals surface area (Å²) in [4.78, 5) is 14.7. The number of methoxy groups -OCH3 is 1. The molecule has 1 aliphatic heterocycles. The zero-order valence-electron chi connectivity index (χ0n) is 17.4. The lowest BCUT2D eigenvalue weighted by Gasteiger charge is -2.27. The summed E-state index contributed by atoms with van der Waals surface area (Å²) in [5.41, 5.74) is -0.283. The molecule has 168 valence electrons. The van der Waals surface area contributed by atoms with Crippen molar-refractivity contribution in [3.05, 3.63) is 64.7 Å². The lowest BCUT2D eigenvalue weighted by molar-refractivity contribution is -0.137. The summed E-state index contributed by atoms with van der Waals surface area (Å²) in [5, 5.41) is 11.6. The molecule has 1 fully saturated rings. The maximum Gasteiger partial charge on any atom is 0.418 e. The van der Waals surface area contributed by atoms with Crippen LogP contribution in [0.5, 0.6) is 5.75 Å². The highest BCUT2D eigenvalue weighted by Gasteiger charge is 2.33. The van der Waals surface area contributed by atoms with Crippen LogP contribution in [0, 0.1) is 11.3 Å². The number of anilines is 1. The highest BCUT2D eigenvalue weighted by molar-refractivity contribution is 6.10. The molecule has 0 saturated carbocycles. The van der Waals surface area contributed by atoms with Gasteiger partial charge in [-0.3, -0.25) is 9.69 Å². The van der Waals surface area contributed by atoms with Crippen LogP contribution >= 0.6 is 0 Å². The van der Waals surface area contributed by atoms with Crippen molar-refractivity contribution in [2.24, 2.45) is 0 Å². The predicted molar refractivity (Wildman–Crippen MR) is 113 cm³/mol. The van der Waals surface area contributed by atoms with E-state index >= 15 is 0 Å². The van der Waals surface area contributed by atoms with Crippen LogP contribution in [0.25, 0.3) is 6.08 Å². The van der Waals surface area contributed by atoms with E-state index in [0.29, 0.717) is 31.1 Å². The molecule has 0 aromatic heterocycles. The van der Waals surface area contributed by atoms with E-state index in [2.05, 4.69) is 10.2 Å². The van der Waals surface area contributed by atoms with E-state index in [4.69, 9.17) is 9.47 Å². The zero-order chi connectivity index (χ0) is 23.1. The largest absolute Gasteiger partial charge is 0.496 e. The van der Waals surface area contributed by atoms with Gasteiger partial charge >= 0.3 is 6.18 Å². The topological polar surface area (TPSA) is 74.6 Å². The summed E-state index contributed by atoms with van der Waals surface area (Å²) in [6, 6.07) is 11.6. The molecular formula is C23H22F3N3O3. The molecule has 32 heavy (non-hydrogen) atoms. The van der Waals surface area contributed by atoms with E-state index in [1.54, 1.807) is 31.4 Å². The molecule has 3 rings (SSSR count). The SMILES string of the molecule is COc1ccc(C=C(C#N)C(=O)Nc2ccccc2C(F)(F)F)cc1CN1CCOCC1. The number of ether oxygens (including phenoxy) is 2. The number of amides is 1. The van der Waals surface area contributed by atoms with Gasteiger partial charge in [0.2, 0.25) is 0 Å². The maximum absolute atomic E-state index is 13.2. The minimum absolute atomic E-state index is 0.315. The standard InChI is InChI=1S/C23H22F3N3O3/c1-31-21-7-6-16(13-18(21)15-29-8-10-32-11-9-29)12-17(14-27)22(30)28-20-5-3-2-4-19(20)23(24,25)26/h2-7,12-13H,8-11,15H2,1H3,(H,28,30). The van der Waals surface area contributed by atoms with E-state index < -0.39 is 23.3 Å². The number of carbonyl (C=O) groups excluding carboxylic acids is 1. The van der Waals surface area contributed by atoms with Crippen LogP contribution in [0.2, 0.25) is 0 Å². The molecule has 1 aliphatic rings. The Morgan fingerprint density at radius 3 is 2.62 bits per heavy atom. The van der Waals surface area contributed by atoms with Crippen molar-refractivity contribution >= 4 is 17.7 Å². The van der Waals surface area contributed by atoms with Crippen LogP contribution < -0.4 is 10.1 Å². The highest BCUT2D eigenvalue weighted by Crippen LogP contribution is 2.34. The molecule has 1 saturated heterocycles. The predicted octanol–water partition coefficient (Wildman–Crippen LogP) is 4.09. The number of hydrogen-bond donors (Lipinski definition) is 1. The Labute approximate surface area is 183 Å². The zero-order valence-corrected chi connectivity index (χ0v) is 17.4. The van der Waals surface area contributed by atoms with Crippen molar-refractivity contribution < 1.29 is 27.4 Å². The van der Waals surface area contributed by atoms with Crippen molar-refractivity contribution in [2.45, 2.75) is 12.7 Å². The molecule has 2 aromatic carbocycles. The third-order valence-electron chi connectivity index (χ3n) is 4.96. The Morgan fingerprint density at radius 2 is 1.97 bits per heavy atom. The molecule has 1 amide bonds. The second-order valence-corrected chi connectivity index (χ2v) is 7.13. The van der Waals surface area contributed by atoms with Crippen LogP contribution in [0.1, 0.15) is 16.7 Å². The van der Waals surface area contributed by atoms with E-state index in [-0.39, 0.29) is 5.57 Å². The smallest absolute Gasteiger partial charge is 0.418 e. The summed E-state index contributed by atoms with van der Waals surface area (Å²) in [7, 11) is 1.56. The van der Waals surface area contributed by atoms with E-state index in [1.165, 1.54) is 18.2 Å². The first-order chi connectivity index (χ1) is 15.3. The van der Waals surface area contributed by atoms with Crippen LogP contribution in [-0.2, 0) is 22.3 Å². The Bertz CT molecular complexity index is 1040. The van der Waals surface area contributed by atoms with Crippen molar-refractivity contribution in [2.75, 3.05) is 38.7 Å². The summed E-state index contributed by atoms with van der Waals surface area (Å²) in [6.07, 6.45) is -3.29. The highest BCUT2D eigenvalue weighted by atomic mass is 19.4.